The standard InChI is InChI=1S/C14H18N6O/c1-4-15-12-9-19-6-5-16-13(19)14(18-12)21-11-7-17-20(8-11)10(2)3/h5-10,15H,4H2,1-3H3. The molecular formula is C14H18N6O. The summed E-state index contributed by atoms with van der Waals surface area (Å²) < 4.78 is 9.57. The van der Waals surface area contributed by atoms with E-state index in [0.29, 0.717) is 17.3 Å². The summed E-state index contributed by atoms with van der Waals surface area (Å²) in [6, 6.07) is 0.287. The van der Waals surface area contributed by atoms with Crippen LogP contribution >= 0.6 is 0 Å². The highest BCUT2D eigenvalue weighted by molar-refractivity contribution is 5.54. The van der Waals surface area contributed by atoms with E-state index in [2.05, 4.69) is 34.2 Å². The van der Waals surface area contributed by atoms with Gasteiger partial charge in [0.15, 0.2) is 5.75 Å². The molecule has 0 aliphatic rings. The molecule has 0 saturated heterocycles. The highest BCUT2D eigenvalue weighted by atomic mass is 16.5. The Kier molecular flexibility index (Phi) is 3.47. The highest BCUT2D eigenvalue weighted by Gasteiger charge is 2.11. The number of hydrogen-bond acceptors (Lipinski definition) is 5. The van der Waals surface area contributed by atoms with Crippen LogP contribution in [0.4, 0.5) is 5.82 Å². The second-order valence-corrected chi connectivity index (χ2v) is 4.97. The van der Waals surface area contributed by atoms with Crippen LogP contribution < -0.4 is 10.1 Å². The predicted molar refractivity (Wildman–Crippen MR) is 79.8 cm³/mol. The van der Waals surface area contributed by atoms with Crippen LogP contribution in [0.1, 0.15) is 26.8 Å². The van der Waals surface area contributed by atoms with Crippen LogP contribution in [-0.4, -0.2) is 30.7 Å². The summed E-state index contributed by atoms with van der Waals surface area (Å²) in [7, 11) is 0. The Morgan fingerprint density at radius 1 is 1.33 bits per heavy atom. The third-order valence-corrected chi connectivity index (χ3v) is 3.02. The molecule has 0 aromatic carbocycles. The Bertz CT molecular complexity index is 745. The van der Waals surface area contributed by atoms with Gasteiger partial charge >= 0.3 is 0 Å². The molecule has 3 rings (SSSR count). The molecule has 0 fully saturated rings. The normalized spacial score (nSPS) is 11.2. The number of imidazole rings is 1. The molecule has 0 bridgehead atoms. The van der Waals surface area contributed by atoms with Crippen molar-refractivity contribution < 1.29 is 4.74 Å². The molecule has 110 valence electrons. The lowest BCUT2D eigenvalue weighted by Crippen LogP contribution is -2.03. The fraction of sp³-hybridized carbons (Fsp3) is 0.357. The van der Waals surface area contributed by atoms with Crippen LogP contribution in [0, 0.1) is 0 Å². The fourth-order valence-corrected chi connectivity index (χ4v) is 2.00. The molecule has 1 N–H and O–H groups in total. The SMILES string of the molecule is CCNc1cn2ccnc2c(Oc2cnn(C(C)C)c2)n1. The predicted octanol–water partition coefficient (Wildman–Crippen LogP) is 2.73. The number of fused-ring (bicyclic) bond motifs is 1. The first kappa shape index (κ1) is 13.4. The summed E-state index contributed by atoms with van der Waals surface area (Å²) in [6.07, 6.45) is 9.00. The summed E-state index contributed by atoms with van der Waals surface area (Å²) in [6.45, 7) is 6.94. The largest absolute Gasteiger partial charge is 0.432 e. The van der Waals surface area contributed by atoms with E-state index in [1.807, 2.05) is 34.6 Å². The number of nitrogens with one attached hydrogen (secondary N) is 1. The summed E-state index contributed by atoms with van der Waals surface area (Å²) in [4.78, 5) is 8.74. The molecule has 0 unspecified atom stereocenters. The van der Waals surface area contributed by atoms with Crippen LogP contribution in [0.25, 0.3) is 5.65 Å². The van der Waals surface area contributed by atoms with Gasteiger partial charge in [0.1, 0.15) is 5.82 Å². The van der Waals surface area contributed by atoms with Crippen LogP contribution in [-0.2, 0) is 0 Å². The second kappa shape index (κ2) is 5.43. The first-order valence-electron chi connectivity index (χ1n) is 6.97. The molecule has 3 heterocycles. The zero-order chi connectivity index (χ0) is 14.8. The number of aromatic nitrogens is 5. The van der Waals surface area contributed by atoms with Crippen molar-refractivity contribution in [2.45, 2.75) is 26.8 Å². The van der Waals surface area contributed by atoms with Crippen molar-refractivity contribution in [3.8, 4) is 11.6 Å². The maximum atomic E-state index is 5.85. The Balaban J connectivity index is 1.96. The van der Waals surface area contributed by atoms with Crippen LogP contribution in [0.3, 0.4) is 0 Å². The molecule has 7 heteroatoms. The Morgan fingerprint density at radius 3 is 2.90 bits per heavy atom. The molecule has 0 spiro atoms. The Hall–Kier alpha value is -2.57. The third-order valence-electron chi connectivity index (χ3n) is 3.02. The minimum atomic E-state index is 0.287. The zero-order valence-corrected chi connectivity index (χ0v) is 12.3. The Labute approximate surface area is 122 Å². The minimum absolute atomic E-state index is 0.287. The van der Waals surface area contributed by atoms with E-state index in [1.54, 1.807) is 12.4 Å². The van der Waals surface area contributed by atoms with Gasteiger partial charge in [-0.1, -0.05) is 0 Å². The van der Waals surface area contributed by atoms with Crippen molar-refractivity contribution in [2.24, 2.45) is 0 Å². The quantitative estimate of drug-likeness (QED) is 0.781. The molecule has 0 aliphatic carbocycles. The van der Waals surface area contributed by atoms with E-state index >= 15 is 0 Å². The average molecular weight is 286 g/mol. The number of rotatable bonds is 5. The van der Waals surface area contributed by atoms with Crippen LogP contribution in [0.2, 0.25) is 0 Å². The fourth-order valence-electron chi connectivity index (χ4n) is 2.00. The van der Waals surface area contributed by atoms with Crippen LogP contribution in [0.15, 0.2) is 31.0 Å². The van der Waals surface area contributed by atoms with Crippen molar-refractivity contribution in [1.82, 2.24) is 24.1 Å². The zero-order valence-electron chi connectivity index (χ0n) is 12.3. The van der Waals surface area contributed by atoms with E-state index in [1.165, 1.54) is 0 Å². The third kappa shape index (κ3) is 2.67. The molecule has 3 aromatic rings. The maximum absolute atomic E-state index is 5.85. The van der Waals surface area contributed by atoms with Crippen LogP contribution in [0.5, 0.6) is 11.6 Å². The van der Waals surface area contributed by atoms with Crippen molar-refractivity contribution >= 4 is 11.5 Å². The molecule has 0 amide bonds. The molecule has 0 atom stereocenters. The molecular weight excluding hydrogens is 268 g/mol. The van der Waals surface area contributed by atoms with E-state index in [9.17, 15) is 0 Å². The van der Waals surface area contributed by atoms with Crippen molar-refractivity contribution in [1.29, 1.82) is 0 Å². The van der Waals surface area contributed by atoms with Gasteiger partial charge in [-0.2, -0.15) is 10.1 Å². The lowest BCUT2D eigenvalue weighted by Gasteiger charge is -2.08. The van der Waals surface area contributed by atoms with Crippen molar-refractivity contribution in [2.75, 3.05) is 11.9 Å². The van der Waals surface area contributed by atoms with E-state index in [4.69, 9.17) is 4.74 Å². The number of ether oxygens (including phenoxy) is 1. The van der Waals surface area contributed by atoms with E-state index in [0.717, 1.165) is 12.4 Å². The van der Waals surface area contributed by atoms with Gasteiger partial charge in [-0.05, 0) is 20.8 Å². The van der Waals surface area contributed by atoms with Gasteiger partial charge in [0.25, 0.3) is 5.88 Å². The van der Waals surface area contributed by atoms with Crippen molar-refractivity contribution in [3.05, 3.63) is 31.0 Å². The van der Waals surface area contributed by atoms with Gasteiger partial charge in [-0.3, -0.25) is 9.08 Å². The van der Waals surface area contributed by atoms with Gasteiger partial charge in [-0.25, -0.2) is 4.98 Å². The molecule has 7 nitrogen and oxygen atoms in total. The lowest BCUT2D eigenvalue weighted by atomic mass is 10.4. The van der Waals surface area contributed by atoms with Gasteiger partial charge in [0.2, 0.25) is 5.65 Å². The average Bonchev–Trinajstić information content (AvgIpc) is 3.07. The second-order valence-electron chi connectivity index (χ2n) is 4.97. The molecule has 21 heavy (non-hydrogen) atoms. The minimum Gasteiger partial charge on any atom is -0.432 e. The van der Waals surface area contributed by atoms with Crippen molar-refractivity contribution in [3.63, 3.8) is 0 Å². The van der Waals surface area contributed by atoms with Gasteiger partial charge in [0, 0.05) is 25.0 Å². The first-order chi connectivity index (χ1) is 10.2. The first-order valence-corrected chi connectivity index (χ1v) is 6.97. The maximum Gasteiger partial charge on any atom is 0.265 e. The summed E-state index contributed by atoms with van der Waals surface area (Å²) in [5.74, 6) is 1.85. The molecule has 3 aromatic heterocycles. The number of anilines is 1. The van der Waals surface area contributed by atoms with Gasteiger partial charge in [0.05, 0.1) is 18.6 Å². The number of hydrogen-bond donors (Lipinski definition) is 1. The highest BCUT2D eigenvalue weighted by Crippen LogP contribution is 2.25. The number of nitrogens with zero attached hydrogens (tertiary/aromatic N) is 5. The van der Waals surface area contributed by atoms with E-state index < -0.39 is 0 Å². The lowest BCUT2D eigenvalue weighted by molar-refractivity contribution is 0.461. The van der Waals surface area contributed by atoms with Gasteiger partial charge in [-0.15, -0.1) is 0 Å². The monoisotopic (exact) mass is 286 g/mol. The van der Waals surface area contributed by atoms with E-state index in [-0.39, 0.29) is 6.04 Å². The smallest absolute Gasteiger partial charge is 0.265 e. The molecule has 0 saturated carbocycles. The summed E-state index contributed by atoms with van der Waals surface area (Å²) in [5, 5.41) is 7.44. The topological polar surface area (TPSA) is 69.3 Å². The van der Waals surface area contributed by atoms with Gasteiger partial charge < -0.3 is 10.1 Å². The summed E-state index contributed by atoms with van der Waals surface area (Å²) >= 11 is 0. The molecule has 0 aliphatic heterocycles. The molecule has 0 radical (unpaired) electrons. The summed E-state index contributed by atoms with van der Waals surface area (Å²) in [5.41, 5.74) is 0.675. The Morgan fingerprint density at radius 2 is 2.19 bits per heavy atom.